The van der Waals surface area contributed by atoms with Gasteiger partial charge in [-0.15, -0.1) is 0 Å². The van der Waals surface area contributed by atoms with E-state index in [4.69, 9.17) is 4.52 Å². The van der Waals surface area contributed by atoms with Gasteiger partial charge in [0.1, 0.15) is 35.7 Å². The van der Waals surface area contributed by atoms with Gasteiger partial charge < -0.3 is 14.5 Å². The van der Waals surface area contributed by atoms with Gasteiger partial charge in [-0.3, -0.25) is 0 Å². The minimum Gasteiger partial charge on any atom is -0.382 e. The van der Waals surface area contributed by atoms with Crippen molar-refractivity contribution in [3.63, 3.8) is 0 Å². The summed E-state index contributed by atoms with van der Waals surface area (Å²) in [6.07, 6.45) is 4.15. The molecule has 1 aliphatic heterocycles. The molecule has 0 radical (unpaired) electrons. The molecule has 1 aliphatic rings. The molecule has 1 fully saturated rings. The summed E-state index contributed by atoms with van der Waals surface area (Å²) in [6, 6.07) is 9.04. The topological polar surface area (TPSA) is 93.1 Å². The van der Waals surface area contributed by atoms with Gasteiger partial charge in [-0.2, -0.15) is 10.1 Å². The fourth-order valence-corrected chi connectivity index (χ4v) is 4.49. The summed E-state index contributed by atoms with van der Waals surface area (Å²) in [4.78, 5) is 10.4. The Morgan fingerprint density at radius 2 is 1.74 bits per heavy atom. The first-order chi connectivity index (χ1) is 16.9. The first-order valence-electron chi connectivity index (χ1n) is 11.2. The lowest BCUT2D eigenvalue weighted by Gasteiger charge is -2.37. The molecule has 0 spiro atoms. The highest BCUT2D eigenvalue weighted by molar-refractivity contribution is 5.53. The number of aliphatic hydroxyl groups is 1. The lowest BCUT2D eigenvalue weighted by Crippen LogP contribution is -2.47. The molecule has 0 bridgehead atoms. The van der Waals surface area contributed by atoms with Crippen LogP contribution >= 0.6 is 0 Å². The predicted octanol–water partition coefficient (Wildman–Crippen LogP) is 3.51. The fraction of sp³-hybridized carbons (Fsp3) is 0.333. The van der Waals surface area contributed by atoms with Crippen LogP contribution in [-0.2, 0) is 12.1 Å². The molecule has 11 heteroatoms. The first-order valence-corrected chi connectivity index (χ1v) is 11.2. The minimum absolute atomic E-state index is 0.00244. The van der Waals surface area contributed by atoms with Crippen LogP contribution in [0, 0.1) is 17.5 Å². The number of nitrogens with zero attached hydrogens (tertiary/aromatic N) is 6. The van der Waals surface area contributed by atoms with E-state index in [9.17, 15) is 18.3 Å². The van der Waals surface area contributed by atoms with Gasteiger partial charge >= 0.3 is 0 Å². The van der Waals surface area contributed by atoms with E-state index >= 15 is 0 Å². The van der Waals surface area contributed by atoms with Crippen molar-refractivity contribution < 1.29 is 22.8 Å². The van der Waals surface area contributed by atoms with E-state index in [1.807, 2.05) is 4.90 Å². The molecule has 182 valence electrons. The smallest absolute Gasteiger partial charge is 0.230 e. The highest BCUT2D eigenvalue weighted by Gasteiger charge is 2.37. The lowest BCUT2D eigenvalue weighted by atomic mass is 9.90. The van der Waals surface area contributed by atoms with Crippen LogP contribution in [0.1, 0.15) is 30.2 Å². The first kappa shape index (κ1) is 23.2. The molecule has 35 heavy (non-hydrogen) atoms. The number of aromatic nitrogens is 5. The van der Waals surface area contributed by atoms with Crippen LogP contribution in [0.4, 0.5) is 13.2 Å². The van der Waals surface area contributed by atoms with E-state index in [1.165, 1.54) is 35.5 Å². The summed E-state index contributed by atoms with van der Waals surface area (Å²) < 4.78 is 48.2. The Balaban J connectivity index is 1.28. The van der Waals surface area contributed by atoms with Crippen molar-refractivity contribution >= 4 is 0 Å². The number of benzene rings is 2. The van der Waals surface area contributed by atoms with E-state index < -0.39 is 17.2 Å². The van der Waals surface area contributed by atoms with E-state index in [-0.39, 0.29) is 30.4 Å². The number of hydrogen-bond donors (Lipinski definition) is 1. The van der Waals surface area contributed by atoms with E-state index in [0.717, 1.165) is 12.1 Å². The highest BCUT2D eigenvalue weighted by atomic mass is 19.1. The average molecular weight is 484 g/mol. The Morgan fingerprint density at radius 3 is 2.43 bits per heavy atom. The van der Waals surface area contributed by atoms with Crippen LogP contribution in [0.2, 0.25) is 0 Å². The maximum Gasteiger partial charge on any atom is 0.230 e. The van der Waals surface area contributed by atoms with Gasteiger partial charge in [0.25, 0.3) is 0 Å². The van der Waals surface area contributed by atoms with Crippen LogP contribution in [0.25, 0.3) is 11.4 Å². The number of hydrogen-bond acceptors (Lipinski definition) is 7. The normalized spacial score (nSPS) is 16.9. The van der Waals surface area contributed by atoms with E-state index in [1.54, 1.807) is 12.1 Å². The summed E-state index contributed by atoms with van der Waals surface area (Å²) in [5.41, 5.74) is -0.992. The van der Waals surface area contributed by atoms with Crippen molar-refractivity contribution in [1.82, 2.24) is 29.8 Å². The summed E-state index contributed by atoms with van der Waals surface area (Å²) in [7, 11) is 0. The molecule has 1 N–H and O–H groups in total. The molecule has 2 aromatic heterocycles. The highest BCUT2D eigenvalue weighted by Crippen LogP contribution is 2.32. The maximum atomic E-state index is 14.7. The number of likely N-dealkylation sites (tertiary alicyclic amines) is 1. The molecule has 1 unspecified atom stereocenters. The van der Waals surface area contributed by atoms with Crippen LogP contribution in [-0.4, -0.2) is 54.5 Å². The van der Waals surface area contributed by atoms with Crippen LogP contribution in [0.3, 0.4) is 0 Å². The molecule has 4 aromatic rings. The predicted molar refractivity (Wildman–Crippen MR) is 118 cm³/mol. The molecule has 3 heterocycles. The zero-order valence-electron chi connectivity index (χ0n) is 18.7. The van der Waals surface area contributed by atoms with Gasteiger partial charge in [0.15, 0.2) is 0 Å². The molecule has 8 nitrogen and oxygen atoms in total. The van der Waals surface area contributed by atoms with Gasteiger partial charge in [0.2, 0.25) is 11.7 Å². The zero-order chi connectivity index (χ0) is 24.4. The molecule has 0 saturated carbocycles. The third kappa shape index (κ3) is 5.10. The number of halogens is 3. The van der Waals surface area contributed by atoms with Gasteiger partial charge in [-0.1, -0.05) is 11.2 Å². The van der Waals surface area contributed by atoms with Crippen molar-refractivity contribution in [1.29, 1.82) is 0 Å². The van der Waals surface area contributed by atoms with Crippen molar-refractivity contribution in [2.45, 2.75) is 30.9 Å². The van der Waals surface area contributed by atoms with Gasteiger partial charge in [-0.25, -0.2) is 22.8 Å². The Labute approximate surface area is 199 Å². The summed E-state index contributed by atoms with van der Waals surface area (Å²) >= 11 is 0. The Morgan fingerprint density at radius 1 is 1.00 bits per heavy atom. The SMILES string of the molecule is OC(CN1CCC(c2nc(-c3ccc(F)cc3)no2)CC1)(Cn1cncn1)c1ccc(F)cc1F. The average Bonchev–Trinajstić information content (AvgIpc) is 3.52. The second-order valence-corrected chi connectivity index (χ2v) is 8.76. The second-order valence-electron chi connectivity index (χ2n) is 8.76. The largest absolute Gasteiger partial charge is 0.382 e. The van der Waals surface area contributed by atoms with Gasteiger partial charge in [0.05, 0.1) is 6.54 Å². The van der Waals surface area contributed by atoms with Crippen molar-refractivity contribution in [3.8, 4) is 11.4 Å². The second kappa shape index (κ2) is 9.59. The van der Waals surface area contributed by atoms with Crippen LogP contribution in [0.15, 0.2) is 59.6 Å². The summed E-state index contributed by atoms with van der Waals surface area (Å²) in [6.45, 7) is 1.27. The molecular formula is C24H23F3N6O2. The van der Waals surface area contributed by atoms with Crippen molar-refractivity contribution in [2.24, 2.45) is 0 Å². The molecule has 0 aliphatic carbocycles. The monoisotopic (exact) mass is 484 g/mol. The van der Waals surface area contributed by atoms with Crippen LogP contribution < -0.4 is 0 Å². The number of piperidine rings is 1. The Hall–Kier alpha value is -3.57. The molecule has 2 aromatic carbocycles. The Kier molecular flexibility index (Phi) is 6.35. The van der Waals surface area contributed by atoms with Gasteiger partial charge in [0, 0.05) is 29.7 Å². The van der Waals surface area contributed by atoms with Crippen molar-refractivity contribution in [2.75, 3.05) is 19.6 Å². The molecule has 1 saturated heterocycles. The fourth-order valence-electron chi connectivity index (χ4n) is 4.49. The molecule has 5 rings (SSSR count). The van der Waals surface area contributed by atoms with Crippen LogP contribution in [0.5, 0.6) is 0 Å². The summed E-state index contributed by atoms with van der Waals surface area (Å²) in [5, 5.41) is 19.6. The lowest BCUT2D eigenvalue weighted by molar-refractivity contribution is -0.0271. The maximum absolute atomic E-state index is 14.7. The minimum atomic E-state index is -1.65. The Bertz CT molecular complexity index is 1270. The molecular weight excluding hydrogens is 461 g/mol. The molecule has 1 atom stereocenters. The molecule has 0 amide bonds. The zero-order valence-corrected chi connectivity index (χ0v) is 18.7. The third-order valence-electron chi connectivity index (χ3n) is 6.29. The summed E-state index contributed by atoms with van der Waals surface area (Å²) in [5.74, 6) is -0.938. The number of β-amino-alcohol motifs (C(OH)–C–C–N with tert-alkyl or cyclic N) is 1. The van der Waals surface area contributed by atoms with Crippen molar-refractivity contribution in [3.05, 3.63) is 84.0 Å². The standard InChI is InChI=1S/C24H23F3N6O2/c25-18-3-1-16(2-4-18)22-30-23(35-31-22)17-7-9-32(10-8-17)12-24(34,13-33-15-28-14-29-33)20-6-5-19(26)11-21(20)27/h1-6,11,14-15,17,34H,7-10,12-13H2. The van der Waals surface area contributed by atoms with E-state index in [0.29, 0.717) is 43.2 Å². The van der Waals surface area contributed by atoms with E-state index in [2.05, 4.69) is 20.2 Å². The quantitative estimate of drug-likeness (QED) is 0.429. The van der Waals surface area contributed by atoms with Gasteiger partial charge in [-0.05, 0) is 56.3 Å². The third-order valence-corrected chi connectivity index (χ3v) is 6.29. The number of rotatable bonds is 7.